The first-order chi connectivity index (χ1) is 15.6. The van der Waals surface area contributed by atoms with Crippen LogP contribution in [0, 0.1) is 0 Å². The molecule has 174 valence electrons. The maximum absolute atomic E-state index is 13.0. The molecule has 14 heteroatoms. The van der Waals surface area contributed by atoms with Gasteiger partial charge in [-0.3, -0.25) is 9.59 Å². The van der Waals surface area contributed by atoms with Gasteiger partial charge in [0.2, 0.25) is 5.95 Å². The Balaban J connectivity index is 1.43. The average Bonchev–Trinajstić information content (AvgIpc) is 3.42. The molecule has 2 amide bonds. The fourth-order valence-corrected chi connectivity index (χ4v) is 4.22. The second-order valence-corrected chi connectivity index (χ2v) is 8.63. The Kier molecular flexibility index (Phi) is 6.26. The third-order valence-corrected chi connectivity index (χ3v) is 6.28. The molecule has 3 aromatic rings. The normalized spacial score (nSPS) is 14.2. The molecule has 4 rings (SSSR count). The number of thiazole rings is 1. The number of halogens is 4. The molecule has 33 heavy (non-hydrogen) atoms. The Bertz CT molecular complexity index is 1210. The van der Waals surface area contributed by atoms with E-state index in [9.17, 15) is 22.8 Å². The highest BCUT2D eigenvalue weighted by atomic mass is 35.5. The second kappa shape index (κ2) is 8.98. The number of hydrogen-bond donors (Lipinski definition) is 3. The highest BCUT2D eigenvalue weighted by molar-refractivity contribution is 7.13. The third kappa shape index (κ3) is 4.93. The van der Waals surface area contributed by atoms with Gasteiger partial charge in [0.1, 0.15) is 21.4 Å². The van der Waals surface area contributed by atoms with Crippen molar-refractivity contribution in [1.82, 2.24) is 24.8 Å². The van der Waals surface area contributed by atoms with Crippen molar-refractivity contribution in [2.24, 2.45) is 0 Å². The number of nitrogens with zero attached hydrogens (tertiary/aromatic N) is 4. The van der Waals surface area contributed by atoms with Crippen molar-refractivity contribution >= 4 is 46.5 Å². The predicted molar refractivity (Wildman–Crippen MR) is 116 cm³/mol. The number of alkyl halides is 3. The number of nitrogens with one attached hydrogen (secondary N) is 3. The summed E-state index contributed by atoms with van der Waals surface area (Å²) in [7, 11) is 0. The topological polar surface area (TPSA) is 114 Å². The average molecular weight is 500 g/mol. The molecule has 0 spiro atoms. The quantitative estimate of drug-likeness (QED) is 0.489. The highest BCUT2D eigenvalue weighted by Crippen LogP contribution is 2.35. The van der Waals surface area contributed by atoms with E-state index in [0.29, 0.717) is 29.3 Å². The maximum atomic E-state index is 13.0. The first kappa shape index (κ1) is 23.0. The van der Waals surface area contributed by atoms with Crippen molar-refractivity contribution in [3.8, 4) is 0 Å². The molecule has 1 atom stereocenters. The van der Waals surface area contributed by atoms with E-state index in [4.69, 9.17) is 11.6 Å². The zero-order chi connectivity index (χ0) is 23.8. The number of hydrogen-bond acceptors (Lipinski definition) is 7. The Morgan fingerprint density at radius 1 is 1.21 bits per heavy atom. The van der Waals surface area contributed by atoms with E-state index in [-0.39, 0.29) is 16.6 Å². The Morgan fingerprint density at radius 3 is 2.76 bits per heavy atom. The van der Waals surface area contributed by atoms with Gasteiger partial charge in [-0.1, -0.05) is 11.6 Å². The molecule has 0 saturated heterocycles. The zero-order valence-electron chi connectivity index (χ0n) is 17.0. The Morgan fingerprint density at radius 2 is 2.00 bits per heavy atom. The third-order valence-electron chi connectivity index (χ3n) is 4.80. The molecule has 1 aliphatic heterocycles. The molecule has 4 heterocycles. The summed E-state index contributed by atoms with van der Waals surface area (Å²) < 4.78 is 40.8. The van der Waals surface area contributed by atoms with Crippen LogP contribution in [-0.4, -0.2) is 37.9 Å². The molecule has 9 nitrogen and oxygen atoms in total. The van der Waals surface area contributed by atoms with Crippen molar-refractivity contribution in [3.63, 3.8) is 0 Å². The summed E-state index contributed by atoms with van der Waals surface area (Å²) in [6, 6.07) is 0.142. The molecule has 3 aromatic heterocycles. The maximum Gasteiger partial charge on any atom is 0.418 e. The van der Waals surface area contributed by atoms with Gasteiger partial charge in [-0.05, 0) is 19.4 Å². The van der Waals surface area contributed by atoms with Crippen LogP contribution in [0.5, 0.6) is 0 Å². The molecule has 0 aliphatic carbocycles. The number of carbonyl (C=O) groups excluding carboxylic acids is 2. The fraction of sp³-hybridized carbons (Fsp3) is 0.316. The number of aromatic nitrogens is 4. The lowest BCUT2D eigenvalue weighted by molar-refractivity contribution is -0.137. The predicted octanol–water partition coefficient (Wildman–Crippen LogP) is 3.97. The van der Waals surface area contributed by atoms with Gasteiger partial charge in [-0.25, -0.2) is 15.0 Å². The van der Waals surface area contributed by atoms with E-state index < -0.39 is 28.7 Å². The SMILES string of the molecule is C[C@@H](NC(=O)c1cnc2n1CCCN2)c1ncc(C(=O)Nc2cc(C(F)(F)F)c(Cl)cn2)s1. The van der Waals surface area contributed by atoms with Crippen LogP contribution in [0.3, 0.4) is 0 Å². The molecule has 0 aromatic carbocycles. The summed E-state index contributed by atoms with van der Waals surface area (Å²) in [5.74, 6) is -0.684. The van der Waals surface area contributed by atoms with Crippen LogP contribution >= 0.6 is 22.9 Å². The van der Waals surface area contributed by atoms with Gasteiger partial charge in [0, 0.05) is 19.3 Å². The number of amides is 2. The summed E-state index contributed by atoms with van der Waals surface area (Å²) in [6.07, 6.45) is -0.221. The summed E-state index contributed by atoms with van der Waals surface area (Å²) in [6.45, 7) is 3.18. The van der Waals surface area contributed by atoms with Gasteiger partial charge in [-0.15, -0.1) is 11.3 Å². The van der Waals surface area contributed by atoms with E-state index >= 15 is 0 Å². The van der Waals surface area contributed by atoms with E-state index in [1.807, 2.05) is 0 Å². The molecule has 3 N–H and O–H groups in total. The molecule has 1 aliphatic rings. The molecule has 0 radical (unpaired) electrons. The fourth-order valence-electron chi connectivity index (χ4n) is 3.19. The Hall–Kier alpha value is -3.19. The van der Waals surface area contributed by atoms with Gasteiger partial charge in [0.15, 0.2) is 0 Å². The Labute approximate surface area is 194 Å². The number of pyridine rings is 1. The number of imidazole rings is 1. The second-order valence-electron chi connectivity index (χ2n) is 7.16. The minimum Gasteiger partial charge on any atom is -0.356 e. The van der Waals surface area contributed by atoms with Crippen molar-refractivity contribution in [1.29, 1.82) is 0 Å². The minimum atomic E-state index is -4.68. The summed E-state index contributed by atoms with van der Waals surface area (Å²) in [5.41, 5.74) is -0.694. The van der Waals surface area contributed by atoms with Gasteiger partial charge in [-0.2, -0.15) is 13.2 Å². The molecular formula is C19H17ClF3N7O2S. The number of rotatable bonds is 5. The monoisotopic (exact) mass is 499 g/mol. The summed E-state index contributed by atoms with van der Waals surface area (Å²) in [4.78, 5) is 37.3. The van der Waals surface area contributed by atoms with Crippen molar-refractivity contribution in [2.75, 3.05) is 17.2 Å². The zero-order valence-corrected chi connectivity index (χ0v) is 18.6. The van der Waals surface area contributed by atoms with Crippen LogP contribution < -0.4 is 16.0 Å². The molecular weight excluding hydrogens is 483 g/mol. The van der Waals surface area contributed by atoms with E-state index in [0.717, 1.165) is 30.5 Å². The van der Waals surface area contributed by atoms with Crippen LogP contribution in [0.15, 0.2) is 24.7 Å². The van der Waals surface area contributed by atoms with Gasteiger partial charge < -0.3 is 20.5 Å². The first-order valence-electron chi connectivity index (χ1n) is 9.73. The van der Waals surface area contributed by atoms with E-state index in [1.165, 1.54) is 12.4 Å². The van der Waals surface area contributed by atoms with Gasteiger partial charge in [0.25, 0.3) is 11.8 Å². The lowest BCUT2D eigenvalue weighted by atomic mass is 10.2. The number of fused-ring (bicyclic) bond motifs is 1. The van der Waals surface area contributed by atoms with Crippen LogP contribution in [0.2, 0.25) is 5.02 Å². The van der Waals surface area contributed by atoms with E-state index in [2.05, 4.69) is 30.9 Å². The number of carbonyl (C=O) groups is 2. The van der Waals surface area contributed by atoms with Crippen LogP contribution in [0.25, 0.3) is 0 Å². The summed E-state index contributed by atoms with van der Waals surface area (Å²) >= 11 is 6.54. The largest absolute Gasteiger partial charge is 0.418 e. The lowest BCUT2D eigenvalue weighted by Gasteiger charge is -2.18. The van der Waals surface area contributed by atoms with E-state index in [1.54, 1.807) is 11.5 Å². The van der Waals surface area contributed by atoms with Crippen molar-refractivity contribution in [3.05, 3.63) is 50.8 Å². The molecule has 0 unspecified atom stereocenters. The van der Waals surface area contributed by atoms with Gasteiger partial charge in [0.05, 0.1) is 29.0 Å². The molecule has 0 saturated carbocycles. The smallest absolute Gasteiger partial charge is 0.356 e. The highest BCUT2D eigenvalue weighted by Gasteiger charge is 2.34. The first-order valence-corrected chi connectivity index (χ1v) is 10.9. The summed E-state index contributed by atoms with van der Waals surface area (Å²) in [5, 5.41) is 8.12. The number of anilines is 2. The molecule has 0 fully saturated rings. The van der Waals surface area contributed by atoms with Crippen LogP contribution in [-0.2, 0) is 12.7 Å². The molecule has 0 bridgehead atoms. The van der Waals surface area contributed by atoms with Crippen LogP contribution in [0.4, 0.5) is 24.9 Å². The van der Waals surface area contributed by atoms with Gasteiger partial charge >= 0.3 is 6.18 Å². The van der Waals surface area contributed by atoms with Crippen LogP contribution in [0.1, 0.15) is 50.1 Å². The standard InChI is InChI=1S/C19H17ClF3N7O2S/c1-9(28-15(31)12-7-27-18-24-3-2-4-30(12)18)17-26-8-13(33-17)16(32)29-14-5-10(19(21,22)23)11(20)6-25-14/h5-9H,2-4H2,1H3,(H,24,27)(H,28,31)(H,25,29,32)/t9-/m1/s1. The minimum absolute atomic E-state index is 0.141. The van der Waals surface area contributed by atoms with Crippen molar-refractivity contribution in [2.45, 2.75) is 32.1 Å². The van der Waals surface area contributed by atoms with Crippen molar-refractivity contribution < 1.29 is 22.8 Å². The lowest BCUT2D eigenvalue weighted by Crippen LogP contribution is -2.30.